The van der Waals surface area contributed by atoms with Crippen LogP contribution in [0.5, 0.6) is 5.75 Å². The number of piperazine rings is 1. The smallest absolute Gasteiger partial charge is 0.316 e. The molecule has 0 aliphatic carbocycles. The van der Waals surface area contributed by atoms with Crippen LogP contribution in [0.4, 0.5) is 5.69 Å². The largest absolute Gasteiger partial charge is 0.426 e. The Morgan fingerprint density at radius 2 is 1.79 bits per heavy atom. The lowest BCUT2D eigenvalue weighted by atomic mass is 10.2. The molecule has 1 aliphatic heterocycles. The van der Waals surface area contributed by atoms with E-state index in [0.29, 0.717) is 12.2 Å². The molecule has 24 heavy (non-hydrogen) atoms. The van der Waals surface area contributed by atoms with Gasteiger partial charge < -0.3 is 14.5 Å². The van der Waals surface area contributed by atoms with Gasteiger partial charge in [0, 0.05) is 43.7 Å². The van der Waals surface area contributed by atoms with E-state index in [-0.39, 0.29) is 11.9 Å². The zero-order valence-electron chi connectivity index (χ0n) is 13.6. The summed E-state index contributed by atoms with van der Waals surface area (Å²) < 4.78 is 5.37. The number of carbonyl (C=O) groups is 2. The third-order valence-electron chi connectivity index (χ3n) is 4.06. The molecule has 1 fully saturated rings. The second-order valence-electron chi connectivity index (χ2n) is 5.72. The van der Waals surface area contributed by atoms with E-state index in [1.54, 1.807) is 18.3 Å². The van der Waals surface area contributed by atoms with Crippen LogP contribution < -0.4 is 9.64 Å². The quantitative estimate of drug-likeness (QED) is 0.632. The van der Waals surface area contributed by atoms with E-state index < -0.39 is 0 Å². The van der Waals surface area contributed by atoms with E-state index >= 15 is 0 Å². The molecule has 0 radical (unpaired) electrons. The van der Waals surface area contributed by atoms with Crippen LogP contribution in [0.15, 0.2) is 41.8 Å². The summed E-state index contributed by atoms with van der Waals surface area (Å²) in [5.41, 5.74) is 1.08. The van der Waals surface area contributed by atoms with Gasteiger partial charge >= 0.3 is 5.97 Å². The summed E-state index contributed by atoms with van der Waals surface area (Å²) in [6.45, 7) is 4.73. The Kier molecular flexibility index (Phi) is 5.15. The van der Waals surface area contributed by atoms with Gasteiger partial charge in [-0.3, -0.25) is 9.59 Å². The first-order valence-electron chi connectivity index (χ1n) is 7.95. The molecular formula is C18H20N2O3S. The SMILES string of the molecule is CC(=O)N1CCN(c2ccc(OC(=O)Cc3cccs3)cc2)CC1. The van der Waals surface area contributed by atoms with Crippen molar-refractivity contribution in [2.75, 3.05) is 31.1 Å². The first-order valence-corrected chi connectivity index (χ1v) is 8.83. The highest BCUT2D eigenvalue weighted by Crippen LogP contribution is 2.21. The van der Waals surface area contributed by atoms with Crippen LogP contribution in [-0.4, -0.2) is 43.0 Å². The molecule has 0 bridgehead atoms. The standard InChI is InChI=1S/C18H20N2O3S/c1-14(21)19-8-10-20(11-9-19)15-4-6-16(7-5-15)23-18(22)13-17-3-2-12-24-17/h2-7,12H,8-11,13H2,1H3. The molecule has 0 spiro atoms. The van der Waals surface area contributed by atoms with Crippen molar-refractivity contribution in [3.05, 3.63) is 46.7 Å². The predicted molar refractivity (Wildman–Crippen MR) is 94.6 cm³/mol. The van der Waals surface area contributed by atoms with Crippen LogP contribution in [0, 0.1) is 0 Å². The first-order chi connectivity index (χ1) is 11.6. The Balaban J connectivity index is 1.54. The molecule has 2 heterocycles. The number of ether oxygens (including phenoxy) is 1. The summed E-state index contributed by atoms with van der Waals surface area (Å²) in [6.07, 6.45) is 0.298. The molecule has 1 aliphatic rings. The van der Waals surface area contributed by atoms with Crippen molar-refractivity contribution < 1.29 is 14.3 Å². The highest BCUT2D eigenvalue weighted by Gasteiger charge is 2.18. The van der Waals surface area contributed by atoms with Gasteiger partial charge in [-0.2, -0.15) is 0 Å². The van der Waals surface area contributed by atoms with Gasteiger partial charge in [0.2, 0.25) is 5.91 Å². The molecule has 1 saturated heterocycles. The molecule has 126 valence electrons. The lowest BCUT2D eigenvalue weighted by Crippen LogP contribution is -2.48. The maximum absolute atomic E-state index is 11.9. The molecule has 2 aromatic rings. The van der Waals surface area contributed by atoms with Crippen LogP contribution in [0.3, 0.4) is 0 Å². The second-order valence-corrected chi connectivity index (χ2v) is 6.75. The van der Waals surface area contributed by atoms with E-state index in [1.165, 1.54) is 0 Å². The van der Waals surface area contributed by atoms with Gasteiger partial charge in [-0.05, 0) is 35.7 Å². The average molecular weight is 344 g/mol. The number of hydrogen-bond acceptors (Lipinski definition) is 5. The zero-order valence-corrected chi connectivity index (χ0v) is 14.4. The molecule has 6 heteroatoms. The molecule has 5 nitrogen and oxygen atoms in total. The van der Waals surface area contributed by atoms with Crippen molar-refractivity contribution in [2.45, 2.75) is 13.3 Å². The van der Waals surface area contributed by atoms with Crippen molar-refractivity contribution in [1.29, 1.82) is 0 Å². The summed E-state index contributed by atoms with van der Waals surface area (Å²) >= 11 is 1.55. The van der Waals surface area contributed by atoms with Crippen LogP contribution >= 0.6 is 11.3 Å². The summed E-state index contributed by atoms with van der Waals surface area (Å²) in [6, 6.07) is 11.4. The Hall–Kier alpha value is -2.34. The van der Waals surface area contributed by atoms with Crippen LogP contribution in [0.1, 0.15) is 11.8 Å². The van der Waals surface area contributed by atoms with Gasteiger partial charge in [-0.15, -0.1) is 11.3 Å². The number of anilines is 1. The maximum Gasteiger partial charge on any atom is 0.316 e. The Labute approximate surface area is 145 Å². The van der Waals surface area contributed by atoms with Gasteiger partial charge in [-0.25, -0.2) is 0 Å². The minimum absolute atomic E-state index is 0.127. The number of carbonyl (C=O) groups excluding carboxylic acids is 2. The molecule has 0 N–H and O–H groups in total. The maximum atomic E-state index is 11.9. The highest BCUT2D eigenvalue weighted by molar-refractivity contribution is 7.10. The van der Waals surface area contributed by atoms with Crippen molar-refractivity contribution in [3.63, 3.8) is 0 Å². The molecule has 0 saturated carbocycles. The Morgan fingerprint density at radius 3 is 2.38 bits per heavy atom. The lowest BCUT2D eigenvalue weighted by Gasteiger charge is -2.35. The Bertz CT molecular complexity index is 690. The summed E-state index contributed by atoms with van der Waals surface area (Å²) in [4.78, 5) is 28.4. The van der Waals surface area contributed by atoms with Crippen molar-refractivity contribution in [3.8, 4) is 5.75 Å². The van der Waals surface area contributed by atoms with E-state index in [9.17, 15) is 9.59 Å². The third kappa shape index (κ3) is 4.14. The normalized spacial score (nSPS) is 14.5. The van der Waals surface area contributed by atoms with Gasteiger partial charge in [0.25, 0.3) is 0 Å². The minimum atomic E-state index is -0.250. The fourth-order valence-electron chi connectivity index (χ4n) is 2.73. The fourth-order valence-corrected chi connectivity index (χ4v) is 3.42. The number of thiophene rings is 1. The number of nitrogens with zero attached hydrogens (tertiary/aromatic N) is 2. The van der Waals surface area contributed by atoms with Crippen molar-refractivity contribution >= 4 is 28.9 Å². The minimum Gasteiger partial charge on any atom is -0.426 e. The third-order valence-corrected chi connectivity index (χ3v) is 4.93. The van der Waals surface area contributed by atoms with E-state index in [2.05, 4.69) is 4.90 Å². The number of esters is 1. The average Bonchev–Trinajstić information content (AvgIpc) is 3.08. The monoisotopic (exact) mass is 344 g/mol. The first kappa shape index (κ1) is 16.5. The number of hydrogen-bond donors (Lipinski definition) is 0. The molecule has 1 aromatic carbocycles. The number of amides is 1. The van der Waals surface area contributed by atoms with Crippen LogP contribution in [-0.2, 0) is 16.0 Å². The fraction of sp³-hybridized carbons (Fsp3) is 0.333. The van der Waals surface area contributed by atoms with Gasteiger partial charge in [0.1, 0.15) is 5.75 Å². The van der Waals surface area contributed by atoms with E-state index in [0.717, 1.165) is 36.7 Å². The second kappa shape index (κ2) is 7.49. The summed E-state index contributed by atoms with van der Waals surface area (Å²) in [5, 5.41) is 1.95. The number of benzene rings is 1. The topological polar surface area (TPSA) is 49.9 Å². The zero-order chi connectivity index (χ0) is 16.9. The summed E-state index contributed by atoms with van der Waals surface area (Å²) in [5.74, 6) is 0.436. The molecular weight excluding hydrogens is 324 g/mol. The highest BCUT2D eigenvalue weighted by atomic mass is 32.1. The molecule has 3 rings (SSSR count). The van der Waals surface area contributed by atoms with Crippen molar-refractivity contribution in [2.24, 2.45) is 0 Å². The van der Waals surface area contributed by atoms with Gasteiger partial charge in [0.05, 0.1) is 6.42 Å². The number of rotatable bonds is 4. The van der Waals surface area contributed by atoms with E-state index in [1.807, 2.05) is 46.7 Å². The van der Waals surface area contributed by atoms with Gasteiger partial charge in [-0.1, -0.05) is 6.07 Å². The Morgan fingerprint density at radius 1 is 1.08 bits per heavy atom. The summed E-state index contributed by atoms with van der Waals surface area (Å²) in [7, 11) is 0. The predicted octanol–water partition coefficient (Wildman–Crippen LogP) is 2.56. The van der Waals surface area contributed by atoms with Gasteiger partial charge in [0.15, 0.2) is 0 Å². The van der Waals surface area contributed by atoms with E-state index in [4.69, 9.17) is 4.74 Å². The van der Waals surface area contributed by atoms with Crippen molar-refractivity contribution in [1.82, 2.24) is 4.90 Å². The molecule has 1 amide bonds. The molecule has 0 unspecified atom stereocenters. The lowest BCUT2D eigenvalue weighted by molar-refractivity contribution is -0.133. The molecule has 1 aromatic heterocycles. The van der Waals surface area contributed by atoms with Crippen LogP contribution in [0.25, 0.3) is 0 Å². The van der Waals surface area contributed by atoms with Crippen LogP contribution in [0.2, 0.25) is 0 Å². The molecule has 0 atom stereocenters.